The van der Waals surface area contributed by atoms with Gasteiger partial charge in [0.1, 0.15) is 11.6 Å². The summed E-state index contributed by atoms with van der Waals surface area (Å²) >= 11 is 0. The van der Waals surface area contributed by atoms with Crippen molar-refractivity contribution >= 4 is 39.9 Å². The van der Waals surface area contributed by atoms with Crippen LogP contribution in [-0.4, -0.2) is 47.1 Å². The quantitative estimate of drug-likeness (QED) is 0.214. The molecule has 2 N–H and O–H groups in total. The van der Waals surface area contributed by atoms with Gasteiger partial charge in [0.15, 0.2) is 0 Å². The lowest BCUT2D eigenvalue weighted by Gasteiger charge is -2.32. The van der Waals surface area contributed by atoms with Crippen molar-refractivity contribution in [2.24, 2.45) is 0 Å². The number of aliphatic carboxylic acids is 2. The van der Waals surface area contributed by atoms with E-state index in [1.165, 1.54) is 12.2 Å². The molecule has 3 aromatic carbocycles. The number of allylic oxidation sites excluding steroid dienone is 5. The number of hydrogen-bond donors (Lipinski definition) is 2. The molecule has 0 aliphatic carbocycles. The van der Waals surface area contributed by atoms with Crippen LogP contribution >= 0.6 is 0 Å². The number of rotatable bonds is 11. The highest BCUT2D eigenvalue weighted by atomic mass is 19.1. The Morgan fingerprint density at radius 3 is 2.26 bits per heavy atom. The van der Waals surface area contributed by atoms with E-state index in [0.717, 1.165) is 44.5 Å². The normalized spacial score (nSPS) is 19.2. The zero-order valence-electron chi connectivity index (χ0n) is 27.0. The van der Waals surface area contributed by atoms with E-state index in [9.17, 15) is 24.6 Å². The summed E-state index contributed by atoms with van der Waals surface area (Å²) in [7, 11) is 0. The molecule has 1 atom stereocenters. The van der Waals surface area contributed by atoms with Crippen LogP contribution in [0, 0.1) is 0 Å². The van der Waals surface area contributed by atoms with Crippen LogP contribution in [-0.2, 0) is 31.6 Å². The highest BCUT2D eigenvalue weighted by molar-refractivity contribution is 6.01. The number of Topliss-reactive ketones (excluding diaryl/α,β-unsaturated/α-hetero) is 1. The number of anilines is 2. The molecule has 3 aromatic rings. The molecule has 46 heavy (non-hydrogen) atoms. The molecule has 5 rings (SSSR count). The number of nitrogens with zero attached hydrogens (tertiary/aromatic N) is 2. The minimum Gasteiger partial charge on any atom is -0.481 e. The molecule has 0 aromatic heterocycles. The van der Waals surface area contributed by atoms with E-state index in [0.29, 0.717) is 6.42 Å². The van der Waals surface area contributed by atoms with E-state index in [1.54, 1.807) is 19.1 Å². The predicted molar refractivity (Wildman–Crippen MR) is 180 cm³/mol. The molecule has 0 spiro atoms. The molecule has 2 aliphatic heterocycles. The Hall–Kier alpha value is -4.72. The lowest BCUT2D eigenvalue weighted by atomic mass is 9.79. The molecule has 8 heteroatoms. The van der Waals surface area contributed by atoms with Crippen LogP contribution < -0.4 is 9.80 Å². The third-order valence-corrected chi connectivity index (χ3v) is 9.37. The minimum absolute atomic E-state index is 0.0533. The molecule has 1 unspecified atom stereocenters. The van der Waals surface area contributed by atoms with Crippen LogP contribution in [0.4, 0.5) is 15.8 Å². The van der Waals surface area contributed by atoms with Crippen LogP contribution in [0.5, 0.6) is 0 Å². The van der Waals surface area contributed by atoms with Crippen molar-refractivity contribution in [3.8, 4) is 0 Å². The molecule has 0 saturated heterocycles. The summed E-state index contributed by atoms with van der Waals surface area (Å²) in [5.74, 6) is -2.24. The van der Waals surface area contributed by atoms with Gasteiger partial charge >= 0.3 is 11.9 Å². The second-order valence-electron chi connectivity index (χ2n) is 13.3. The van der Waals surface area contributed by atoms with Crippen LogP contribution in [0.15, 0.2) is 90.4 Å². The van der Waals surface area contributed by atoms with Gasteiger partial charge in [-0.25, -0.2) is 4.39 Å². The van der Waals surface area contributed by atoms with Gasteiger partial charge in [0, 0.05) is 52.8 Å². The monoisotopic (exact) mass is 624 g/mol. The fraction of sp³-hybridized carbons (Fsp3) is 0.342. The van der Waals surface area contributed by atoms with Crippen LogP contribution in [0.25, 0.3) is 10.8 Å². The maximum Gasteiger partial charge on any atom is 0.305 e. The fourth-order valence-electron chi connectivity index (χ4n) is 7.14. The fourth-order valence-corrected chi connectivity index (χ4v) is 7.14. The molecule has 2 heterocycles. The van der Waals surface area contributed by atoms with Gasteiger partial charge in [0.05, 0.1) is 18.9 Å². The summed E-state index contributed by atoms with van der Waals surface area (Å²) in [6.07, 6.45) is 6.53. The van der Waals surface area contributed by atoms with Gasteiger partial charge < -0.3 is 20.0 Å². The lowest BCUT2D eigenvalue weighted by molar-refractivity contribution is -0.137. The molecule has 0 amide bonds. The highest BCUT2D eigenvalue weighted by Crippen LogP contribution is 2.50. The van der Waals surface area contributed by atoms with Gasteiger partial charge in [-0.1, -0.05) is 82.3 Å². The summed E-state index contributed by atoms with van der Waals surface area (Å²) in [5, 5.41) is 20.8. The molecule has 240 valence electrons. The van der Waals surface area contributed by atoms with Crippen molar-refractivity contribution in [3.63, 3.8) is 0 Å². The number of halogens is 1. The van der Waals surface area contributed by atoms with Crippen molar-refractivity contribution in [1.29, 1.82) is 0 Å². The molecule has 0 bridgehead atoms. The van der Waals surface area contributed by atoms with Crippen molar-refractivity contribution < 1.29 is 29.0 Å². The first-order chi connectivity index (χ1) is 21.7. The number of carboxylic acid groups (broad SMARTS) is 2. The summed E-state index contributed by atoms with van der Waals surface area (Å²) in [4.78, 5) is 39.1. The minimum atomic E-state index is -0.920. The van der Waals surface area contributed by atoms with Gasteiger partial charge in [0.25, 0.3) is 0 Å². The highest BCUT2D eigenvalue weighted by Gasteiger charge is 2.44. The first-order valence-electron chi connectivity index (χ1n) is 15.6. The number of para-hydroxylation sites is 1. The standard InChI is InChI=1S/C38H41FN2O5/c1-24(42)23-25-9-8-10-28-27(25)15-16-30-36(28)41(22-20-35(45)46)33(38(30,4)5)18-14-26(39)13-17-32-37(2,3)29-11-6-7-12-31(29)40(32)21-19-34(43)44/h6-18,33H,19-23H2,1-5H3,(H,43,44)(H,45,46)/b18-14+,26-13-,32-17+. The zero-order chi connectivity index (χ0) is 33.4. The van der Waals surface area contributed by atoms with E-state index in [1.807, 2.05) is 73.3 Å². The molecule has 0 radical (unpaired) electrons. The molecule has 0 saturated carbocycles. The van der Waals surface area contributed by atoms with Crippen molar-refractivity contribution in [1.82, 2.24) is 0 Å². The summed E-state index contributed by atoms with van der Waals surface area (Å²) < 4.78 is 15.7. The summed E-state index contributed by atoms with van der Waals surface area (Å²) in [6.45, 7) is 10.3. The van der Waals surface area contributed by atoms with E-state index in [-0.39, 0.29) is 37.8 Å². The predicted octanol–water partition coefficient (Wildman–Crippen LogP) is 7.48. The largest absolute Gasteiger partial charge is 0.481 e. The number of hydrogen-bond acceptors (Lipinski definition) is 5. The first-order valence-corrected chi connectivity index (χ1v) is 15.6. The number of carboxylic acids is 2. The Morgan fingerprint density at radius 2 is 1.57 bits per heavy atom. The number of ketones is 1. The maximum absolute atomic E-state index is 15.7. The Labute approximate surface area is 269 Å². The van der Waals surface area contributed by atoms with Crippen LogP contribution in [0.1, 0.15) is 64.2 Å². The SMILES string of the molecule is CC(=O)Cc1cccc2c3c(ccc12)C(C)(C)C(/C=C/C(F)=C/C=C1/N(CCC(=O)O)c2ccccc2C1(C)C)N3CCC(=O)O. The Bertz CT molecular complexity index is 1800. The average molecular weight is 625 g/mol. The third-order valence-electron chi connectivity index (χ3n) is 9.37. The molecule has 0 fully saturated rings. The third kappa shape index (κ3) is 6.08. The van der Waals surface area contributed by atoms with E-state index in [4.69, 9.17) is 0 Å². The molecular weight excluding hydrogens is 583 g/mol. The Balaban J connectivity index is 1.52. The first kappa shape index (κ1) is 32.7. The van der Waals surface area contributed by atoms with Gasteiger partial charge in [0.2, 0.25) is 0 Å². The lowest BCUT2D eigenvalue weighted by Crippen LogP contribution is -2.41. The zero-order valence-corrected chi connectivity index (χ0v) is 27.0. The van der Waals surface area contributed by atoms with E-state index >= 15 is 4.39 Å². The number of carbonyl (C=O) groups excluding carboxylic acids is 1. The van der Waals surface area contributed by atoms with Gasteiger partial charge in [-0.2, -0.15) is 0 Å². The van der Waals surface area contributed by atoms with Gasteiger partial charge in [-0.3, -0.25) is 14.4 Å². The second kappa shape index (κ2) is 12.6. The van der Waals surface area contributed by atoms with Gasteiger partial charge in [-0.15, -0.1) is 0 Å². The number of carbonyl (C=O) groups is 3. The van der Waals surface area contributed by atoms with Crippen molar-refractivity contribution in [2.45, 2.75) is 70.8 Å². The van der Waals surface area contributed by atoms with Crippen molar-refractivity contribution in [3.05, 3.63) is 107 Å². The maximum atomic E-state index is 15.7. The average Bonchev–Trinajstić information content (AvgIpc) is 3.34. The molecular formula is C38H41FN2O5. The van der Waals surface area contributed by atoms with Crippen LogP contribution in [0.3, 0.4) is 0 Å². The molecule has 7 nitrogen and oxygen atoms in total. The number of fused-ring (bicyclic) bond motifs is 4. The molecule has 2 aliphatic rings. The van der Waals surface area contributed by atoms with Crippen LogP contribution in [0.2, 0.25) is 0 Å². The smallest absolute Gasteiger partial charge is 0.305 e. The second-order valence-corrected chi connectivity index (χ2v) is 13.3. The van der Waals surface area contributed by atoms with Crippen molar-refractivity contribution in [2.75, 3.05) is 22.9 Å². The Kier molecular flexibility index (Phi) is 8.94. The van der Waals surface area contributed by atoms with E-state index < -0.39 is 28.6 Å². The van der Waals surface area contributed by atoms with E-state index in [2.05, 4.69) is 18.7 Å². The number of benzene rings is 3. The summed E-state index contributed by atoms with van der Waals surface area (Å²) in [6, 6.07) is 17.4. The topological polar surface area (TPSA) is 98.2 Å². The van der Waals surface area contributed by atoms with Gasteiger partial charge in [-0.05, 0) is 53.3 Å². The Morgan fingerprint density at radius 1 is 0.870 bits per heavy atom. The summed E-state index contributed by atoms with van der Waals surface area (Å²) in [5.41, 5.74) is 4.71.